The number of nitrogens with zero attached hydrogens (tertiary/aromatic N) is 2. The number of rotatable bonds is 5. The van der Waals surface area contributed by atoms with Gasteiger partial charge in [-0.2, -0.15) is 0 Å². The molecule has 8 heteroatoms. The van der Waals surface area contributed by atoms with Crippen LogP contribution in [0.4, 0.5) is 11.5 Å². The summed E-state index contributed by atoms with van der Waals surface area (Å²) in [7, 11) is 0. The molecule has 0 spiro atoms. The number of hydrogen-bond acceptors (Lipinski definition) is 5. The van der Waals surface area contributed by atoms with Crippen molar-refractivity contribution in [1.29, 1.82) is 0 Å². The predicted octanol–water partition coefficient (Wildman–Crippen LogP) is 4.57. The topological polar surface area (TPSA) is 84.0 Å². The van der Waals surface area contributed by atoms with Crippen molar-refractivity contribution in [2.45, 2.75) is 18.8 Å². The van der Waals surface area contributed by atoms with Crippen LogP contribution in [0.25, 0.3) is 0 Å². The van der Waals surface area contributed by atoms with Crippen LogP contribution in [-0.2, 0) is 0 Å². The van der Waals surface area contributed by atoms with E-state index in [-0.39, 0.29) is 11.8 Å². The maximum atomic E-state index is 12.7. The van der Waals surface area contributed by atoms with E-state index in [4.69, 9.17) is 11.6 Å². The van der Waals surface area contributed by atoms with E-state index < -0.39 is 0 Å². The summed E-state index contributed by atoms with van der Waals surface area (Å²) < 4.78 is 0. The number of anilines is 2. The van der Waals surface area contributed by atoms with Crippen molar-refractivity contribution in [2.75, 3.05) is 10.6 Å². The molecule has 1 fully saturated rings. The lowest BCUT2D eigenvalue weighted by molar-refractivity contribution is 0.102. The summed E-state index contributed by atoms with van der Waals surface area (Å²) in [6, 6.07) is 10.1. The second kappa shape index (κ2) is 7.46. The molecule has 3 aromatic rings. The number of nitrogens with one attached hydrogen (secondary N) is 2. The molecule has 2 heterocycles. The minimum Gasteiger partial charge on any atom is -0.320 e. The smallest absolute Gasteiger partial charge is 0.267 e. The fraction of sp³-hybridized carbons (Fsp3) is 0.158. The molecule has 4 rings (SSSR count). The van der Waals surface area contributed by atoms with Gasteiger partial charge in [-0.3, -0.25) is 9.59 Å². The first-order chi connectivity index (χ1) is 13.1. The van der Waals surface area contributed by atoms with Gasteiger partial charge in [0.25, 0.3) is 11.8 Å². The highest BCUT2D eigenvalue weighted by molar-refractivity contribution is 7.12. The molecule has 2 amide bonds. The molecule has 0 radical (unpaired) electrons. The van der Waals surface area contributed by atoms with Crippen molar-refractivity contribution in [3.8, 4) is 0 Å². The van der Waals surface area contributed by atoms with Crippen molar-refractivity contribution in [3.63, 3.8) is 0 Å². The van der Waals surface area contributed by atoms with Crippen LogP contribution in [0.3, 0.4) is 0 Å². The van der Waals surface area contributed by atoms with E-state index >= 15 is 0 Å². The first-order valence-electron chi connectivity index (χ1n) is 8.38. The van der Waals surface area contributed by atoms with Crippen molar-refractivity contribution < 1.29 is 9.59 Å². The molecule has 6 nitrogen and oxygen atoms in total. The number of amides is 2. The minimum absolute atomic E-state index is 0.246. The number of hydrogen-bond donors (Lipinski definition) is 2. The van der Waals surface area contributed by atoms with Gasteiger partial charge in [0.15, 0.2) is 0 Å². The van der Waals surface area contributed by atoms with Gasteiger partial charge in [-0.05, 0) is 37.1 Å². The van der Waals surface area contributed by atoms with Gasteiger partial charge in [-0.25, -0.2) is 9.97 Å². The molecule has 1 aliphatic carbocycles. The molecule has 1 saturated carbocycles. The Hall–Kier alpha value is -2.77. The maximum absolute atomic E-state index is 12.7. The zero-order valence-corrected chi connectivity index (χ0v) is 15.7. The summed E-state index contributed by atoms with van der Waals surface area (Å²) in [5.74, 6) is 0.146. The summed E-state index contributed by atoms with van der Waals surface area (Å²) in [6.45, 7) is 0. The van der Waals surface area contributed by atoms with Gasteiger partial charge in [0.1, 0.15) is 10.7 Å². The number of pyridine rings is 1. The summed E-state index contributed by atoms with van der Waals surface area (Å²) >= 11 is 7.13. The van der Waals surface area contributed by atoms with Crippen molar-refractivity contribution in [2.24, 2.45) is 0 Å². The van der Waals surface area contributed by atoms with E-state index in [9.17, 15) is 9.59 Å². The fourth-order valence-electron chi connectivity index (χ4n) is 2.67. The molecule has 0 atom stereocenters. The molecular weight excluding hydrogens is 384 g/mol. The van der Waals surface area contributed by atoms with Crippen molar-refractivity contribution in [1.82, 2.24) is 9.97 Å². The number of carbonyl (C=O) groups is 2. The SMILES string of the molecule is O=C(Nc1ccc(Cl)cn1)c1ccccc1NC(=O)c1scnc1C1CC1. The van der Waals surface area contributed by atoms with Gasteiger partial charge < -0.3 is 10.6 Å². The third kappa shape index (κ3) is 3.99. The van der Waals surface area contributed by atoms with E-state index in [1.54, 1.807) is 41.9 Å². The molecule has 136 valence electrons. The second-order valence-corrected chi connectivity index (χ2v) is 7.45. The standard InChI is InChI=1S/C19H15ClN4O2S/c20-12-7-8-15(21-9-12)24-18(25)13-3-1-2-4-14(13)23-19(26)17-16(11-5-6-11)22-10-27-17/h1-4,7-11H,5-6H2,(H,23,26)(H,21,24,25). The van der Waals surface area contributed by atoms with Crippen LogP contribution in [0.1, 0.15) is 44.5 Å². The van der Waals surface area contributed by atoms with Crippen molar-refractivity contribution >= 4 is 46.3 Å². The van der Waals surface area contributed by atoms with E-state index in [2.05, 4.69) is 20.6 Å². The molecular formula is C19H15ClN4O2S. The van der Waals surface area contributed by atoms with Crippen LogP contribution in [0.2, 0.25) is 5.02 Å². The zero-order chi connectivity index (χ0) is 18.8. The number of thiazole rings is 1. The second-order valence-electron chi connectivity index (χ2n) is 6.16. The molecule has 0 aliphatic heterocycles. The molecule has 2 N–H and O–H groups in total. The minimum atomic E-state index is -0.368. The van der Waals surface area contributed by atoms with Gasteiger partial charge in [-0.1, -0.05) is 23.7 Å². The molecule has 1 aromatic carbocycles. The number of aromatic nitrogens is 2. The average Bonchev–Trinajstić information content (AvgIpc) is 3.40. The Balaban J connectivity index is 1.53. The summed E-state index contributed by atoms with van der Waals surface area (Å²) in [4.78, 5) is 34.3. The molecule has 27 heavy (non-hydrogen) atoms. The van der Waals surface area contributed by atoms with Gasteiger partial charge in [0.05, 0.1) is 27.5 Å². The summed E-state index contributed by atoms with van der Waals surface area (Å²) in [6.07, 6.45) is 3.59. The molecule has 1 aliphatic rings. The Morgan fingerprint density at radius 1 is 1.04 bits per heavy atom. The third-order valence-electron chi connectivity index (χ3n) is 4.15. The van der Waals surface area contributed by atoms with Crippen molar-refractivity contribution in [3.05, 3.63) is 69.3 Å². The lowest BCUT2D eigenvalue weighted by Crippen LogP contribution is -2.18. The quantitative estimate of drug-likeness (QED) is 0.659. The highest BCUT2D eigenvalue weighted by atomic mass is 35.5. The predicted molar refractivity (Wildman–Crippen MR) is 106 cm³/mol. The van der Waals surface area contributed by atoms with Gasteiger partial charge >= 0.3 is 0 Å². The van der Waals surface area contributed by atoms with E-state index in [0.29, 0.717) is 32.9 Å². The van der Waals surface area contributed by atoms with Crippen LogP contribution < -0.4 is 10.6 Å². The Labute approximate surface area is 164 Å². The van der Waals surface area contributed by atoms with E-state index in [1.807, 2.05) is 0 Å². The zero-order valence-electron chi connectivity index (χ0n) is 14.1. The Bertz CT molecular complexity index is 999. The normalized spacial score (nSPS) is 13.2. The first-order valence-corrected chi connectivity index (χ1v) is 9.64. The molecule has 0 bridgehead atoms. The maximum Gasteiger partial charge on any atom is 0.267 e. The fourth-order valence-corrected chi connectivity index (χ4v) is 3.56. The van der Waals surface area contributed by atoms with Crippen LogP contribution in [0.15, 0.2) is 48.1 Å². The molecule has 2 aromatic heterocycles. The first kappa shape index (κ1) is 17.6. The Morgan fingerprint density at radius 3 is 2.59 bits per heavy atom. The Kier molecular flexibility index (Phi) is 4.87. The Morgan fingerprint density at radius 2 is 1.85 bits per heavy atom. The van der Waals surface area contributed by atoms with Crippen LogP contribution in [-0.4, -0.2) is 21.8 Å². The lowest BCUT2D eigenvalue weighted by Gasteiger charge is -2.11. The highest BCUT2D eigenvalue weighted by Gasteiger charge is 2.31. The lowest BCUT2D eigenvalue weighted by atomic mass is 10.1. The van der Waals surface area contributed by atoms with Crippen LogP contribution >= 0.6 is 22.9 Å². The van der Waals surface area contributed by atoms with Crippen LogP contribution in [0, 0.1) is 0 Å². The molecule has 0 saturated heterocycles. The van der Waals surface area contributed by atoms with Gasteiger partial charge in [0, 0.05) is 12.1 Å². The average molecular weight is 399 g/mol. The summed E-state index contributed by atoms with van der Waals surface area (Å²) in [5, 5.41) is 6.03. The highest BCUT2D eigenvalue weighted by Crippen LogP contribution is 2.42. The van der Waals surface area contributed by atoms with Crippen LogP contribution in [0.5, 0.6) is 0 Å². The van der Waals surface area contributed by atoms with Gasteiger partial charge in [-0.15, -0.1) is 11.3 Å². The van der Waals surface area contributed by atoms with E-state index in [0.717, 1.165) is 18.5 Å². The number of halogens is 1. The molecule has 0 unspecified atom stereocenters. The number of carbonyl (C=O) groups excluding carboxylic acids is 2. The monoisotopic (exact) mass is 398 g/mol. The van der Waals surface area contributed by atoms with Gasteiger partial charge in [0.2, 0.25) is 0 Å². The van der Waals surface area contributed by atoms with E-state index in [1.165, 1.54) is 17.5 Å². The third-order valence-corrected chi connectivity index (χ3v) is 5.22. The number of benzene rings is 1. The summed E-state index contributed by atoms with van der Waals surface area (Å²) in [5.41, 5.74) is 3.32. The largest absolute Gasteiger partial charge is 0.320 e. The number of para-hydroxylation sites is 1.